The first kappa shape index (κ1) is 7.13. The summed E-state index contributed by atoms with van der Waals surface area (Å²) in [4.78, 5) is 0. The number of methoxy groups -OCH3 is 1. The van der Waals surface area contributed by atoms with Crippen molar-refractivity contribution in [2.24, 2.45) is 0 Å². The van der Waals surface area contributed by atoms with Crippen LogP contribution in [-0.2, 0) is 6.42 Å². The number of rotatable bonds is 2. The normalized spacial score (nSPS) is 9.40. The fourth-order valence-corrected chi connectivity index (χ4v) is 0.872. The van der Waals surface area contributed by atoms with E-state index >= 15 is 0 Å². The van der Waals surface area contributed by atoms with E-state index in [2.05, 4.69) is 0 Å². The smallest absolute Gasteiger partial charge is 0.122 e. The average Bonchev–Trinajstić information content (AvgIpc) is 2.04. The Kier molecular flexibility index (Phi) is 2.32. The van der Waals surface area contributed by atoms with Crippen LogP contribution in [0, 0.1) is 6.92 Å². The summed E-state index contributed by atoms with van der Waals surface area (Å²) in [5, 5.41) is 0. The van der Waals surface area contributed by atoms with Gasteiger partial charge in [0.2, 0.25) is 0 Å². The Morgan fingerprint density at radius 2 is 2.10 bits per heavy atom. The second-order valence-corrected chi connectivity index (χ2v) is 2.02. The molecule has 10 heavy (non-hydrogen) atoms. The summed E-state index contributed by atoms with van der Waals surface area (Å²) in [6.07, 6.45) is 0.532. The van der Waals surface area contributed by atoms with Gasteiger partial charge >= 0.3 is 0 Å². The highest BCUT2D eigenvalue weighted by Gasteiger charge is 1.95. The summed E-state index contributed by atoms with van der Waals surface area (Å²) in [5.74, 6) is 0.866. The molecule has 2 radical (unpaired) electrons. The molecule has 0 aliphatic carbocycles. The Balaban J connectivity index is 2.96. The summed E-state index contributed by atoms with van der Waals surface area (Å²) in [6, 6.07) is 7.74. The molecule has 52 valence electrons. The maximum atomic E-state index is 5.45. The summed E-state index contributed by atoms with van der Waals surface area (Å²) in [5.41, 5.74) is 1.05. The van der Waals surface area contributed by atoms with Gasteiger partial charge in [-0.3, -0.25) is 0 Å². The van der Waals surface area contributed by atoms with Crippen LogP contribution in [0.2, 0.25) is 0 Å². The molecule has 0 fully saturated rings. The number of para-hydroxylation sites is 1. The van der Waals surface area contributed by atoms with E-state index in [1.54, 1.807) is 7.11 Å². The molecule has 0 aliphatic rings. The minimum Gasteiger partial charge on any atom is -0.496 e. The van der Waals surface area contributed by atoms with E-state index in [1.165, 1.54) is 0 Å². The molecule has 1 heteroatoms. The third-order valence-electron chi connectivity index (χ3n) is 1.41. The van der Waals surface area contributed by atoms with Gasteiger partial charge in [0.1, 0.15) is 5.75 Å². The maximum Gasteiger partial charge on any atom is 0.122 e. The van der Waals surface area contributed by atoms with E-state index in [1.807, 2.05) is 24.3 Å². The molecule has 0 atom stereocenters. The molecule has 1 rings (SSSR count). The van der Waals surface area contributed by atoms with Crippen molar-refractivity contribution < 1.29 is 4.74 Å². The van der Waals surface area contributed by atoms with E-state index in [9.17, 15) is 0 Å². The van der Waals surface area contributed by atoms with Gasteiger partial charge in [0.05, 0.1) is 7.11 Å². The van der Waals surface area contributed by atoms with E-state index < -0.39 is 0 Å². The minimum absolute atomic E-state index is 0.532. The fraction of sp³-hybridized carbons (Fsp3) is 0.222. The summed E-state index contributed by atoms with van der Waals surface area (Å²) in [7, 11) is 1.65. The number of benzene rings is 1. The van der Waals surface area contributed by atoms with Crippen LogP contribution in [0.5, 0.6) is 5.75 Å². The van der Waals surface area contributed by atoms with Crippen LogP contribution in [0.1, 0.15) is 5.56 Å². The zero-order valence-corrected chi connectivity index (χ0v) is 6.00. The zero-order valence-electron chi connectivity index (χ0n) is 6.00. The molecule has 0 bridgehead atoms. The highest BCUT2D eigenvalue weighted by Crippen LogP contribution is 2.16. The second-order valence-electron chi connectivity index (χ2n) is 2.02. The maximum absolute atomic E-state index is 5.45. The standard InChI is InChI=1S/C9H10O/c1-3-8-6-4-5-7-9(8)10-2/h1,4-7H,3H2,2H3. The lowest BCUT2D eigenvalue weighted by atomic mass is 10.1. The Morgan fingerprint density at radius 3 is 2.60 bits per heavy atom. The topological polar surface area (TPSA) is 9.23 Å². The highest BCUT2D eigenvalue weighted by atomic mass is 16.5. The molecule has 0 saturated carbocycles. The molecule has 0 N–H and O–H groups in total. The molecule has 0 spiro atoms. The van der Waals surface area contributed by atoms with Gasteiger partial charge in [0, 0.05) is 0 Å². The van der Waals surface area contributed by atoms with Crippen molar-refractivity contribution in [1.82, 2.24) is 0 Å². The SMILES string of the molecule is [CH]Cc1ccccc1OC. The van der Waals surface area contributed by atoms with Crippen molar-refractivity contribution in [1.29, 1.82) is 0 Å². The largest absolute Gasteiger partial charge is 0.496 e. The number of ether oxygens (including phenoxy) is 1. The lowest BCUT2D eigenvalue weighted by Crippen LogP contribution is -1.88. The van der Waals surface area contributed by atoms with Crippen molar-refractivity contribution in [2.45, 2.75) is 6.42 Å². The van der Waals surface area contributed by atoms with Gasteiger partial charge in [-0.25, -0.2) is 0 Å². The first-order valence-electron chi connectivity index (χ1n) is 3.20. The Labute approximate surface area is 61.6 Å². The van der Waals surface area contributed by atoms with Crippen molar-refractivity contribution in [3.05, 3.63) is 36.8 Å². The van der Waals surface area contributed by atoms with Crippen LogP contribution < -0.4 is 4.74 Å². The molecule has 1 nitrogen and oxygen atoms in total. The lowest BCUT2D eigenvalue weighted by Gasteiger charge is -2.03. The van der Waals surface area contributed by atoms with Crippen LogP contribution in [0.15, 0.2) is 24.3 Å². The Morgan fingerprint density at radius 1 is 1.40 bits per heavy atom. The first-order chi connectivity index (χ1) is 4.88. The molecular weight excluding hydrogens is 124 g/mol. The van der Waals surface area contributed by atoms with Crippen molar-refractivity contribution in [3.63, 3.8) is 0 Å². The predicted molar refractivity (Wildman–Crippen MR) is 41.0 cm³/mol. The minimum atomic E-state index is 0.532. The van der Waals surface area contributed by atoms with Crippen LogP contribution in [0.3, 0.4) is 0 Å². The monoisotopic (exact) mass is 134 g/mol. The van der Waals surface area contributed by atoms with E-state index in [4.69, 9.17) is 11.7 Å². The average molecular weight is 134 g/mol. The van der Waals surface area contributed by atoms with Crippen LogP contribution in [0.25, 0.3) is 0 Å². The lowest BCUT2D eigenvalue weighted by molar-refractivity contribution is 0.410. The molecular formula is C9H10O. The van der Waals surface area contributed by atoms with Crippen LogP contribution in [0.4, 0.5) is 0 Å². The first-order valence-corrected chi connectivity index (χ1v) is 3.20. The summed E-state index contributed by atoms with van der Waals surface area (Å²) >= 11 is 0. The van der Waals surface area contributed by atoms with E-state index in [0.717, 1.165) is 11.3 Å². The quantitative estimate of drug-likeness (QED) is 0.600. The van der Waals surface area contributed by atoms with Crippen molar-refractivity contribution >= 4 is 0 Å². The van der Waals surface area contributed by atoms with Gasteiger partial charge < -0.3 is 4.74 Å². The molecule has 1 aromatic carbocycles. The molecule has 0 aliphatic heterocycles. The zero-order chi connectivity index (χ0) is 7.40. The van der Waals surface area contributed by atoms with Gasteiger partial charge in [-0.15, -0.1) is 0 Å². The molecule has 0 amide bonds. The third-order valence-corrected chi connectivity index (χ3v) is 1.41. The summed E-state index contributed by atoms with van der Waals surface area (Å²) < 4.78 is 5.06. The second kappa shape index (κ2) is 3.25. The molecule has 0 heterocycles. The van der Waals surface area contributed by atoms with E-state index in [-0.39, 0.29) is 0 Å². The van der Waals surface area contributed by atoms with Crippen LogP contribution >= 0.6 is 0 Å². The van der Waals surface area contributed by atoms with Gasteiger partial charge in [0.15, 0.2) is 0 Å². The van der Waals surface area contributed by atoms with Crippen molar-refractivity contribution in [2.75, 3.05) is 7.11 Å². The van der Waals surface area contributed by atoms with Crippen LogP contribution in [-0.4, -0.2) is 7.11 Å². The van der Waals surface area contributed by atoms with Crippen molar-refractivity contribution in [3.8, 4) is 5.75 Å². The number of hydrogen-bond donors (Lipinski definition) is 0. The molecule has 0 unspecified atom stereocenters. The molecule has 0 aromatic heterocycles. The van der Waals surface area contributed by atoms with Gasteiger partial charge in [0.25, 0.3) is 0 Å². The third kappa shape index (κ3) is 1.29. The Bertz CT molecular complexity index is 183. The molecule has 1 aromatic rings. The number of hydrogen-bond acceptors (Lipinski definition) is 1. The summed E-state index contributed by atoms with van der Waals surface area (Å²) in [6.45, 7) is 5.45. The Hall–Kier alpha value is -0.980. The highest BCUT2D eigenvalue weighted by molar-refractivity contribution is 5.33. The van der Waals surface area contributed by atoms with Gasteiger partial charge in [-0.2, -0.15) is 0 Å². The fourth-order valence-electron chi connectivity index (χ4n) is 0.872. The molecule has 0 saturated heterocycles. The van der Waals surface area contributed by atoms with Gasteiger partial charge in [-0.1, -0.05) is 18.2 Å². The van der Waals surface area contributed by atoms with E-state index in [0.29, 0.717) is 6.42 Å². The van der Waals surface area contributed by atoms with Gasteiger partial charge in [-0.05, 0) is 25.0 Å². The predicted octanol–water partition coefficient (Wildman–Crippen LogP) is 1.95.